The Bertz CT molecular complexity index is 927. The third-order valence-corrected chi connectivity index (χ3v) is 6.78. The van der Waals surface area contributed by atoms with Crippen molar-refractivity contribution < 1.29 is 24.2 Å². The van der Waals surface area contributed by atoms with E-state index in [0.717, 1.165) is 23.3 Å². The molecule has 0 saturated carbocycles. The van der Waals surface area contributed by atoms with Gasteiger partial charge in [-0.2, -0.15) is 0 Å². The number of ether oxygens (including phenoxy) is 1. The molecule has 9 heteroatoms. The summed E-state index contributed by atoms with van der Waals surface area (Å²) >= 11 is 1.39. The minimum absolute atomic E-state index is 0.0347. The number of aromatic hydroxyl groups is 1. The number of nitrogens with zero attached hydrogens (tertiary/aromatic N) is 2. The van der Waals surface area contributed by atoms with Gasteiger partial charge in [0.05, 0.1) is 11.4 Å². The molecular weight excluding hydrogens is 442 g/mol. The van der Waals surface area contributed by atoms with Crippen LogP contribution in [0.1, 0.15) is 39.2 Å². The molecule has 180 valence electrons. The third-order valence-electron chi connectivity index (χ3n) is 5.62. The van der Waals surface area contributed by atoms with E-state index in [4.69, 9.17) is 4.74 Å². The monoisotopic (exact) mass is 475 g/mol. The van der Waals surface area contributed by atoms with Crippen molar-refractivity contribution in [3.8, 4) is 5.75 Å². The van der Waals surface area contributed by atoms with Gasteiger partial charge in [0.1, 0.15) is 11.4 Å². The van der Waals surface area contributed by atoms with Gasteiger partial charge >= 0.3 is 6.09 Å². The molecule has 1 fully saturated rings. The number of piperidine rings is 1. The Kier molecular flexibility index (Phi) is 7.94. The normalized spacial score (nSPS) is 18.2. The molecule has 0 radical (unpaired) electrons. The number of nitrogens with one attached hydrogen (secondary N) is 1. The predicted molar refractivity (Wildman–Crippen MR) is 128 cm³/mol. The average Bonchev–Trinajstić information content (AvgIpc) is 2.76. The van der Waals surface area contributed by atoms with E-state index in [9.17, 15) is 19.5 Å². The Morgan fingerprint density at radius 2 is 2.15 bits per heavy atom. The number of phenolic OH excluding ortho intramolecular Hbond substituents is 1. The summed E-state index contributed by atoms with van der Waals surface area (Å²) in [5.41, 5.74) is 0.766. The molecule has 3 amide bonds. The lowest BCUT2D eigenvalue weighted by atomic mass is 9.97. The maximum absolute atomic E-state index is 13.0. The highest BCUT2D eigenvalue weighted by Crippen LogP contribution is 2.40. The van der Waals surface area contributed by atoms with Crippen LogP contribution in [0.2, 0.25) is 0 Å². The van der Waals surface area contributed by atoms with Crippen LogP contribution in [-0.4, -0.2) is 70.3 Å². The number of thioether (sulfide) groups is 1. The van der Waals surface area contributed by atoms with Crippen LogP contribution in [0.15, 0.2) is 29.7 Å². The van der Waals surface area contributed by atoms with Crippen LogP contribution in [0.3, 0.4) is 0 Å². The number of likely N-dealkylation sites (tertiary alicyclic amines) is 1. The fraction of sp³-hybridized carbons (Fsp3) is 0.542. The van der Waals surface area contributed by atoms with Gasteiger partial charge in [-0.15, -0.1) is 11.8 Å². The molecule has 1 aromatic carbocycles. The summed E-state index contributed by atoms with van der Waals surface area (Å²) in [5.74, 6) is 0.240. The van der Waals surface area contributed by atoms with E-state index in [1.165, 1.54) is 17.8 Å². The third kappa shape index (κ3) is 6.66. The highest BCUT2D eigenvalue weighted by Gasteiger charge is 2.29. The molecule has 2 N–H and O–H groups in total. The Hall–Kier alpha value is -2.68. The number of benzene rings is 1. The number of phenols is 1. The number of hydrogen-bond donors (Lipinski definition) is 2. The molecule has 0 aliphatic carbocycles. The Balaban J connectivity index is 1.75. The van der Waals surface area contributed by atoms with Crippen LogP contribution in [0.4, 0.5) is 10.5 Å². The fourth-order valence-electron chi connectivity index (χ4n) is 4.11. The topological polar surface area (TPSA) is 99.2 Å². The maximum Gasteiger partial charge on any atom is 0.410 e. The summed E-state index contributed by atoms with van der Waals surface area (Å²) in [4.78, 5) is 41.2. The lowest BCUT2D eigenvalue weighted by molar-refractivity contribution is -0.127. The zero-order valence-electron chi connectivity index (χ0n) is 19.6. The Morgan fingerprint density at radius 3 is 2.85 bits per heavy atom. The highest BCUT2D eigenvalue weighted by atomic mass is 32.2. The first kappa shape index (κ1) is 25.0. The molecule has 2 aliphatic rings. The molecule has 8 nitrogen and oxygen atoms in total. The number of rotatable bonds is 6. The van der Waals surface area contributed by atoms with E-state index in [-0.39, 0.29) is 35.3 Å². The minimum atomic E-state index is -0.620. The van der Waals surface area contributed by atoms with Crippen molar-refractivity contribution in [3.05, 3.63) is 30.4 Å². The first-order valence-corrected chi connectivity index (χ1v) is 12.2. The van der Waals surface area contributed by atoms with Crippen molar-refractivity contribution in [2.24, 2.45) is 5.92 Å². The lowest BCUT2D eigenvalue weighted by Gasteiger charge is -2.36. The summed E-state index contributed by atoms with van der Waals surface area (Å²) < 4.78 is 5.66. The van der Waals surface area contributed by atoms with E-state index in [2.05, 4.69) is 11.9 Å². The van der Waals surface area contributed by atoms with Crippen molar-refractivity contribution in [2.45, 2.75) is 50.5 Å². The smallest absolute Gasteiger partial charge is 0.410 e. The van der Waals surface area contributed by atoms with Gasteiger partial charge in [0.15, 0.2) is 0 Å². The van der Waals surface area contributed by atoms with E-state index >= 15 is 0 Å². The second-order valence-electron chi connectivity index (χ2n) is 9.46. The quantitative estimate of drug-likeness (QED) is 0.481. The fourth-order valence-corrected chi connectivity index (χ4v) is 5.11. The van der Waals surface area contributed by atoms with Crippen LogP contribution in [0, 0.1) is 5.92 Å². The first-order valence-electron chi connectivity index (χ1n) is 11.2. The van der Waals surface area contributed by atoms with Crippen LogP contribution in [-0.2, 0) is 20.7 Å². The molecule has 1 aromatic rings. The largest absolute Gasteiger partial charge is 0.506 e. The second-order valence-corrected chi connectivity index (χ2v) is 10.4. The summed E-state index contributed by atoms with van der Waals surface area (Å²) in [5, 5.41) is 12.9. The maximum atomic E-state index is 13.0. The van der Waals surface area contributed by atoms with Crippen molar-refractivity contribution in [1.29, 1.82) is 0 Å². The molecule has 0 bridgehead atoms. The molecule has 0 spiro atoms. The predicted octanol–water partition coefficient (Wildman–Crippen LogP) is 3.64. The molecule has 2 aliphatic heterocycles. The number of anilines is 1. The summed E-state index contributed by atoms with van der Waals surface area (Å²) in [6.07, 6.45) is 3.30. The molecule has 0 aromatic heterocycles. The Labute approximate surface area is 199 Å². The van der Waals surface area contributed by atoms with E-state index in [1.54, 1.807) is 15.9 Å². The van der Waals surface area contributed by atoms with Gasteiger partial charge in [-0.25, -0.2) is 4.79 Å². The number of carbonyl (C=O) groups is 3. The molecule has 33 heavy (non-hydrogen) atoms. The van der Waals surface area contributed by atoms with E-state index < -0.39 is 5.60 Å². The lowest BCUT2D eigenvalue weighted by Crippen LogP contribution is -2.46. The van der Waals surface area contributed by atoms with Gasteiger partial charge < -0.3 is 25.0 Å². The number of fused-ring (bicyclic) bond motifs is 1. The van der Waals surface area contributed by atoms with Crippen LogP contribution < -0.4 is 5.32 Å². The van der Waals surface area contributed by atoms with Gasteiger partial charge in [0.25, 0.3) is 0 Å². The summed E-state index contributed by atoms with van der Waals surface area (Å²) in [7, 11) is 0. The molecule has 2 heterocycles. The SMILES string of the molecule is C=CC(=O)N1CCCC(CN(CCc2ccc(O)c3c2SCC(=O)N3)C(=O)OC(C)(C)C)C1. The van der Waals surface area contributed by atoms with Crippen molar-refractivity contribution in [3.63, 3.8) is 0 Å². The van der Waals surface area contributed by atoms with Gasteiger partial charge in [-0.1, -0.05) is 12.6 Å². The van der Waals surface area contributed by atoms with E-state index in [1.807, 2.05) is 26.8 Å². The minimum Gasteiger partial charge on any atom is -0.506 e. The van der Waals surface area contributed by atoms with Crippen LogP contribution in [0.25, 0.3) is 0 Å². The number of hydrogen-bond acceptors (Lipinski definition) is 6. The molecule has 1 saturated heterocycles. The van der Waals surface area contributed by atoms with Crippen molar-refractivity contribution in [1.82, 2.24) is 9.80 Å². The number of carbonyl (C=O) groups excluding carboxylic acids is 3. The zero-order chi connectivity index (χ0) is 24.2. The van der Waals surface area contributed by atoms with Crippen molar-refractivity contribution in [2.75, 3.05) is 37.2 Å². The summed E-state index contributed by atoms with van der Waals surface area (Å²) in [6.45, 7) is 11.3. The van der Waals surface area contributed by atoms with E-state index in [0.29, 0.717) is 38.3 Å². The van der Waals surface area contributed by atoms with Gasteiger partial charge in [0, 0.05) is 31.1 Å². The molecule has 1 atom stereocenters. The molecule has 3 rings (SSSR count). The van der Waals surface area contributed by atoms with Gasteiger partial charge in [0.2, 0.25) is 11.8 Å². The zero-order valence-corrected chi connectivity index (χ0v) is 20.4. The van der Waals surface area contributed by atoms with Gasteiger partial charge in [-0.05, 0) is 63.7 Å². The first-order chi connectivity index (χ1) is 15.6. The molecular formula is C24H33N3O5S. The number of amides is 3. The molecule has 1 unspecified atom stereocenters. The standard InChI is InChI=1S/C24H33N3O5S/c1-5-20(30)26-11-6-7-16(13-26)14-27(23(31)32-24(2,3)4)12-10-17-8-9-18(28)21-22(17)33-15-19(29)25-21/h5,8-9,16,28H,1,6-7,10-15H2,2-4H3,(H,25,29). The van der Waals surface area contributed by atoms with Crippen LogP contribution >= 0.6 is 11.8 Å². The van der Waals surface area contributed by atoms with Gasteiger partial charge in [-0.3, -0.25) is 9.59 Å². The Morgan fingerprint density at radius 1 is 1.39 bits per heavy atom. The average molecular weight is 476 g/mol. The van der Waals surface area contributed by atoms with Crippen LogP contribution in [0.5, 0.6) is 5.75 Å². The van der Waals surface area contributed by atoms with Crippen molar-refractivity contribution >= 4 is 35.4 Å². The highest BCUT2D eigenvalue weighted by molar-refractivity contribution is 8.00. The summed E-state index contributed by atoms with van der Waals surface area (Å²) in [6, 6.07) is 3.40. The second kappa shape index (κ2) is 10.5.